The standard InChI is InChI=1S/C7H15NO5S/c1-8-3-7-6(9)2-5(13-7)4-12-14(10)11/h5-9H,2-4H2,1H3,(H,10,11). The van der Waals surface area contributed by atoms with Gasteiger partial charge in [-0.15, -0.1) is 0 Å². The Morgan fingerprint density at radius 1 is 1.71 bits per heavy atom. The van der Waals surface area contributed by atoms with Gasteiger partial charge in [0.2, 0.25) is 0 Å². The maximum Gasteiger partial charge on any atom is 0.301 e. The molecule has 1 aliphatic rings. The second-order valence-corrected chi connectivity index (χ2v) is 3.83. The number of aliphatic hydroxyl groups is 1. The Morgan fingerprint density at radius 3 is 3.00 bits per heavy atom. The molecule has 6 nitrogen and oxygen atoms in total. The summed E-state index contributed by atoms with van der Waals surface area (Å²) in [7, 11) is 1.77. The summed E-state index contributed by atoms with van der Waals surface area (Å²) in [6, 6.07) is 0. The molecule has 1 fully saturated rings. The van der Waals surface area contributed by atoms with Crippen molar-refractivity contribution in [3.8, 4) is 0 Å². The van der Waals surface area contributed by atoms with Crippen molar-refractivity contribution in [2.45, 2.75) is 24.7 Å². The number of hydrogen-bond acceptors (Lipinski definition) is 5. The van der Waals surface area contributed by atoms with Gasteiger partial charge in [0.05, 0.1) is 24.9 Å². The highest BCUT2D eigenvalue weighted by Gasteiger charge is 2.33. The predicted molar refractivity (Wildman–Crippen MR) is 49.9 cm³/mol. The van der Waals surface area contributed by atoms with Crippen molar-refractivity contribution in [1.29, 1.82) is 0 Å². The monoisotopic (exact) mass is 225 g/mol. The molecule has 1 saturated heterocycles. The normalized spacial score (nSPS) is 34.6. The first-order chi connectivity index (χ1) is 6.63. The van der Waals surface area contributed by atoms with Crippen LogP contribution in [0, 0.1) is 0 Å². The zero-order chi connectivity index (χ0) is 10.6. The Kier molecular flexibility index (Phi) is 4.93. The van der Waals surface area contributed by atoms with Crippen molar-refractivity contribution in [2.75, 3.05) is 20.2 Å². The van der Waals surface area contributed by atoms with Crippen molar-refractivity contribution < 1.29 is 22.8 Å². The van der Waals surface area contributed by atoms with E-state index >= 15 is 0 Å². The lowest BCUT2D eigenvalue weighted by Crippen LogP contribution is -2.31. The topological polar surface area (TPSA) is 88.0 Å². The minimum Gasteiger partial charge on any atom is -0.390 e. The molecule has 0 bridgehead atoms. The fourth-order valence-electron chi connectivity index (χ4n) is 1.44. The molecule has 0 saturated carbocycles. The Bertz CT molecular complexity index is 203. The van der Waals surface area contributed by atoms with Crippen LogP contribution in [0.4, 0.5) is 0 Å². The molecule has 0 aromatic carbocycles. The second kappa shape index (κ2) is 5.74. The number of likely N-dealkylation sites (N-methyl/N-ethyl adjacent to an activating group) is 1. The molecule has 0 aromatic rings. The molecule has 0 aliphatic carbocycles. The van der Waals surface area contributed by atoms with Gasteiger partial charge in [0.1, 0.15) is 0 Å². The Hall–Kier alpha value is -0.0500. The largest absolute Gasteiger partial charge is 0.390 e. The van der Waals surface area contributed by atoms with E-state index in [9.17, 15) is 9.32 Å². The highest BCUT2D eigenvalue weighted by atomic mass is 32.2. The van der Waals surface area contributed by atoms with Crippen molar-refractivity contribution in [1.82, 2.24) is 5.32 Å². The maximum absolute atomic E-state index is 10.2. The first-order valence-electron chi connectivity index (χ1n) is 4.35. The summed E-state index contributed by atoms with van der Waals surface area (Å²) < 4.78 is 28.4. The lowest BCUT2D eigenvalue weighted by molar-refractivity contribution is -0.00278. The summed E-state index contributed by atoms with van der Waals surface area (Å²) in [5.41, 5.74) is 0. The van der Waals surface area contributed by atoms with Crippen LogP contribution in [0.2, 0.25) is 0 Å². The molecule has 4 unspecified atom stereocenters. The highest BCUT2D eigenvalue weighted by molar-refractivity contribution is 7.74. The van der Waals surface area contributed by atoms with Crippen molar-refractivity contribution >= 4 is 11.4 Å². The number of ether oxygens (including phenoxy) is 1. The molecule has 1 heterocycles. The number of aliphatic hydroxyl groups excluding tert-OH is 1. The summed E-state index contributed by atoms with van der Waals surface area (Å²) >= 11 is -2.27. The van der Waals surface area contributed by atoms with Gasteiger partial charge >= 0.3 is 11.4 Å². The molecule has 0 aromatic heterocycles. The SMILES string of the molecule is CNCC1OC(COS(=O)O)CC1O. The average molecular weight is 225 g/mol. The van der Waals surface area contributed by atoms with Crippen molar-refractivity contribution in [3.63, 3.8) is 0 Å². The van der Waals surface area contributed by atoms with Gasteiger partial charge in [0, 0.05) is 13.0 Å². The van der Waals surface area contributed by atoms with Crippen LogP contribution < -0.4 is 5.32 Å². The fourth-order valence-corrected chi connectivity index (χ4v) is 1.71. The Labute approximate surface area is 85.1 Å². The molecule has 0 spiro atoms. The number of rotatable bonds is 5. The van der Waals surface area contributed by atoms with E-state index < -0.39 is 17.5 Å². The molecule has 0 amide bonds. The van der Waals surface area contributed by atoms with Crippen LogP contribution in [0.3, 0.4) is 0 Å². The molecule has 1 rings (SSSR count). The Morgan fingerprint density at radius 2 is 2.43 bits per heavy atom. The molecule has 3 N–H and O–H groups in total. The smallest absolute Gasteiger partial charge is 0.301 e. The summed E-state index contributed by atoms with van der Waals surface area (Å²) in [6.45, 7) is 0.584. The van der Waals surface area contributed by atoms with Crippen molar-refractivity contribution in [3.05, 3.63) is 0 Å². The minimum absolute atomic E-state index is 0.0282. The van der Waals surface area contributed by atoms with Crippen LogP contribution in [-0.2, 0) is 20.3 Å². The quantitative estimate of drug-likeness (QED) is 0.514. The van der Waals surface area contributed by atoms with E-state index in [0.29, 0.717) is 13.0 Å². The lowest BCUT2D eigenvalue weighted by atomic mass is 10.1. The van der Waals surface area contributed by atoms with Crippen LogP contribution in [-0.4, -0.2) is 52.4 Å². The molecule has 1 aliphatic heterocycles. The summed E-state index contributed by atoms with van der Waals surface area (Å²) in [4.78, 5) is 0. The molecule has 0 radical (unpaired) electrons. The van der Waals surface area contributed by atoms with E-state index in [2.05, 4.69) is 9.50 Å². The lowest BCUT2D eigenvalue weighted by Gasteiger charge is -2.13. The summed E-state index contributed by atoms with van der Waals surface area (Å²) in [6.07, 6.45) is -0.674. The summed E-state index contributed by atoms with van der Waals surface area (Å²) in [5.74, 6) is 0. The van der Waals surface area contributed by atoms with E-state index in [0.717, 1.165) is 0 Å². The number of nitrogens with one attached hydrogen (secondary N) is 1. The van der Waals surface area contributed by atoms with Crippen molar-refractivity contribution in [2.24, 2.45) is 0 Å². The van der Waals surface area contributed by atoms with Gasteiger partial charge in [-0.2, -0.15) is 4.21 Å². The van der Waals surface area contributed by atoms with E-state index in [4.69, 9.17) is 9.29 Å². The average Bonchev–Trinajstić information content (AvgIpc) is 2.45. The van der Waals surface area contributed by atoms with Gasteiger partial charge in [0.25, 0.3) is 0 Å². The maximum atomic E-state index is 10.2. The van der Waals surface area contributed by atoms with Gasteiger partial charge in [-0.1, -0.05) is 0 Å². The van der Waals surface area contributed by atoms with Gasteiger partial charge in [-0.25, -0.2) is 0 Å². The molecule has 7 heteroatoms. The van der Waals surface area contributed by atoms with Crippen LogP contribution in [0.1, 0.15) is 6.42 Å². The first-order valence-corrected chi connectivity index (χ1v) is 5.39. The van der Waals surface area contributed by atoms with Crippen LogP contribution in [0.5, 0.6) is 0 Å². The third kappa shape index (κ3) is 3.60. The van der Waals surface area contributed by atoms with Gasteiger partial charge < -0.3 is 15.2 Å². The zero-order valence-corrected chi connectivity index (χ0v) is 8.70. The highest BCUT2D eigenvalue weighted by Crippen LogP contribution is 2.20. The van der Waals surface area contributed by atoms with E-state index in [-0.39, 0.29) is 18.8 Å². The molecule has 84 valence electrons. The molecular weight excluding hydrogens is 210 g/mol. The minimum atomic E-state index is -2.27. The van der Waals surface area contributed by atoms with Gasteiger partial charge in [0.15, 0.2) is 0 Å². The van der Waals surface area contributed by atoms with Gasteiger partial charge in [-0.3, -0.25) is 8.74 Å². The number of hydrogen-bond donors (Lipinski definition) is 3. The molecule has 14 heavy (non-hydrogen) atoms. The third-order valence-electron chi connectivity index (χ3n) is 2.06. The van der Waals surface area contributed by atoms with Crippen LogP contribution in [0.25, 0.3) is 0 Å². The van der Waals surface area contributed by atoms with E-state index in [1.807, 2.05) is 0 Å². The zero-order valence-electron chi connectivity index (χ0n) is 7.88. The van der Waals surface area contributed by atoms with E-state index in [1.54, 1.807) is 7.05 Å². The second-order valence-electron chi connectivity index (χ2n) is 3.16. The Balaban J connectivity index is 2.27. The third-order valence-corrected chi connectivity index (χ3v) is 2.40. The fraction of sp³-hybridized carbons (Fsp3) is 1.00. The summed E-state index contributed by atoms with van der Waals surface area (Å²) in [5, 5.41) is 12.4. The van der Waals surface area contributed by atoms with E-state index in [1.165, 1.54) is 0 Å². The first kappa shape index (κ1) is 12.0. The molecular formula is C7H15NO5S. The van der Waals surface area contributed by atoms with Gasteiger partial charge in [-0.05, 0) is 7.05 Å². The van der Waals surface area contributed by atoms with Crippen LogP contribution in [0.15, 0.2) is 0 Å². The van der Waals surface area contributed by atoms with Crippen LogP contribution >= 0.6 is 0 Å². The molecule has 4 atom stereocenters. The predicted octanol–water partition coefficient (Wildman–Crippen LogP) is -1.12.